The third-order valence-corrected chi connectivity index (χ3v) is 6.58. The third-order valence-electron chi connectivity index (χ3n) is 5.79. The van der Waals surface area contributed by atoms with Gasteiger partial charge in [-0.1, -0.05) is 17.9 Å². The molecule has 5 atom stereocenters. The molecule has 10 heteroatoms. The summed E-state index contributed by atoms with van der Waals surface area (Å²) in [6.45, 7) is 5.23. The summed E-state index contributed by atoms with van der Waals surface area (Å²) in [7, 11) is 0. The lowest BCUT2D eigenvalue weighted by atomic mass is 10.1. The van der Waals surface area contributed by atoms with Gasteiger partial charge in [0.1, 0.15) is 24.6 Å². The first-order valence-electron chi connectivity index (χ1n) is 10.7. The van der Waals surface area contributed by atoms with E-state index in [4.69, 9.17) is 18.9 Å². The van der Waals surface area contributed by atoms with Crippen LogP contribution in [-0.2, 0) is 18.9 Å². The summed E-state index contributed by atoms with van der Waals surface area (Å²) < 4.78 is 26.1. The lowest BCUT2D eigenvalue weighted by Crippen LogP contribution is -2.28. The van der Waals surface area contributed by atoms with Crippen LogP contribution in [0.3, 0.4) is 0 Å². The van der Waals surface area contributed by atoms with Gasteiger partial charge in [-0.15, -0.1) is 11.3 Å². The van der Waals surface area contributed by atoms with Crippen LogP contribution in [0.1, 0.15) is 31.4 Å². The smallest absolute Gasteiger partial charge is 0.167 e. The van der Waals surface area contributed by atoms with Crippen molar-refractivity contribution in [2.75, 3.05) is 18.5 Å². The Hall–Kier alpha value is -2.55. The maximum Gasteiger partial charge on any atom is 0.167 e. The van der Waals surface area contributed by atoms with E-state index in [0.29, 0.717) is 23.6 Å². The maximum absolute atomic E-state index is 6.35. The third kappa shape index (κ3) is 3.56. The highest BCUT2D eigenvalue weighted by atomic mass is 32.1. The van der Waals surface area contributed by atoms with Gasteiger partial charge in [0.05, 0.1) is 23.9 Å². The number of aromatic nitrogens is 4. The van der Waals surface area contributed by atoms with Gasteiger partial charge in [0.2, 0.25) is 0 Å². The minimum atomic E-state index is -0.721. The molecule has 0 radical (unpaired) electrons. The first-order chi connectivity index (χ1) is 15.6. The second-order valence-corrected chi connectivity index (χ2v) is 9.46. The van der Waals surface area contributed by atoms with Gasteiger partial charge < -0.3 is 24.3 Å². The number of anilines is 1. The largest absolute Gasteiger partial charge is 0.379 e. The molecule has 3 saturated heterocycles. The van der Waals surface area contributed by atoms with Crippen molar-refractivity contribution >= 4 is 28.3 Å². The quantitative estimate of drug-likeness (QED) is 0.605. The summed E-state index contributed by atoms with van der Waals surface area (Å²) in [5.74, 6) is 6.40. The Labute approximate surface area is 189 Å². The number of thiophene rings is 1. The van der Waals surface area contributed by atoms with E-state index < -0.39 is 18.1 Å². The van der Waals surface area contributed by atoms with E-state index in [-0.39, 0.29) is 18.2 Å². The number of nitrogens with one attached hydrogen (secondary N) is 1. The van der Waals surface area contributed by atoms with Gasteiger partial charge in [-0.2, -0.15) is 0 Å². The number of fused-ring (bicyclic) bond motifs is 2. The molecule has 5 unspecified atom stereocenters. The first-order valence-corrected chi connectivity index (χ1v) is 11.5. The highest BCUT2D eigenvalue weighted by Gasteiger charge is 2.56. The molecule has 0 amide bonds. The summed E-state index contributed by atoms with van der Waals surface area (Å²) in [5.41, 5.74) is 1.36. The van der Waals surface area contributed by atoms with Gasteiger partial charge in [0, 0.05) is 6.61 Å². The second kappa shape index (κ2) is 7.79. The van der Waals surface area contributed by atoms with Crippen LogP contribution < -0.4 is 5.32 Å². The topological polar surface area (TPSA) is 92.6 Å². The molecule has 32 heavy (non-hydrogen) atoms. The molecule has 0 saturated carbocycles. The van der Waals surface area contributed by atoms with Gasteiger partial charge in [0.15, 0.2) is 29.0 Å². The molecular weight excluding hydrogens is 430 g/mol. The van der Waals surface area contributed by atoms with Crippen LogP contribution in [-0.4, -0.2) is 62.9 Å². The predicted octanol–water partition coefficient (Wildman–Crippen LogP) is 2.56. The Morgan fingerprint density at radius 2 is 2.12 bits per heavy atom. The summed E-state index contributed by atoms with van der Waals surface area (Å²) >= 11 is 1.60. The number of rotatable bonds is 3. The van der Waals surface area contributed by atoms with Crippen molar-refractivity contribution in [2.24, 2.45) is 0 Å². The average Bonchev–Trinajstić information content (AvgIpc) is 3.56. The number of nitrogens with zero attached hydrogens (tertiary/aromatic N) is 4. The average molecular weight is 454 g/mol. The predicted molar refractivity (Wildman–Crippen MR) is 117 cm³/mol. The molecule has 3 fully saturated rings. The number of hydrogen-bond donors (Lipinski definition) is 1. The van der Waals surface area contributed by atoms with E-state index in [9.17, 15) is 0 Å². The van der Waals surface area contributed by atoms with Gasteiger partial charge in [0.25, 0.3) is 0 Å². The summed E-state index contributed by atoms with van der Waals surface area (Å²) in [4.78, 5) is 14.5. The Morgan fingerprint density at radius 1 is 1.22 bits per heavy atom. The van der Waals surface area contributed by atoms with Crippen molar-refractivity contribution in [1.82, 2.24) is 19.5 Å². The van der Waals surface area contributed by atoms with Gasteiger partial charge in [-0.05, 0) is 31.7 Å². The van der Waals surface area contributed by atoms with Crippen molar-refractivity contribution in [3.8, 4) is 11.8 Å². The highest BCUT2D eigenvalue weighted by molar-refractivity contribution is 7.10. The first kappa shape index (κ1) is 20.1. The molecule has 1 N–H and O–H groups in total. The summed E-state index contributed by atoms with van der Waals surface area (Å²) in [6.07, 6.45) is 2.66. The fourth-order valence-electron chi connectivity index (χ4n) is 4.39. The fraction of sp³-hybridized carbons (Fsp3) is 0.500. The maximum atomic E-state index is 6.35. The van der Waals surface area contributed by atoms with Gasteiger partial charge in [-0.25, -0.2) is 15.0 Å². The van der Waals surface area contributed by atoms with Crippen molar-refractivity contribution in [3.05, 3.63) is 35.0 Å². The fourth-order valence-corrected chi connectivity index (χ4v) is 4.97. The molecular formula is C22H23N5O4S. The highest BCUT2D eigenvalue weighted by Crippen LogP contribution is 2.43. The van der Waals surface area contributed by atoms with E-state index in [1.54, 1.807) is 17.7 Å². The molecule has 166 valence electrons. The van der Waals surface area contributed by atoms with E-state index in [1.807, 2.05) is 35.9 Å². The van der Waals surface area contributed by atoms with Crippen LogP contribution in [0, 0.1) is 11.8 Å². The minimum absolute atomic E-state index is 0.217. The molecule has 0 spiro atoms. The molecule has 3 aliphatic rings. The van der Waals surface area contributed by atoms with Crippen molar-refractivity contribution in [3.63, 3.8) is 0 Å². The molecule has 3 aliphatic heterocycles. The van der Waals surface area contributed by atoms with Crippen LogP contribution in [0.2, 0.25) is 0 Å². The van der Waals surface area contributed by atoms with Crippen LogP contribution >= 0.6 is 11.3 Å². The molecule has 3 aromatic heterocycles. The Morgan fingerprint density at radius 3 is 2.94 bits per heavy atom. The molecule has 3 aromatic rings. The van der Waals surface area contributed by atoms with Crippen LogP contribution in [0.4, 0.5) is 5.82 Å². The van der Waals surface area contributed by atoms with Crippen LogP contribution in [0.25, 0.3) is 11.2 Å². The molecule has 9 nitrogen and oxygen atoms in total. The van der Waals surface area contributed by atoms with Crippen molar-refractivity contribution in [2.45, 2.75) is 56.6 Å². The van der Waals surface area contributed by atoms with Gasteiger partial charge in [-0.3, -0.25) is 4.57 Å². The normalized spacial score (nSPS) is 30.9. The lowest BCUT2D eigenvalue weighted by Gasteiger charge is -2.23. The molecule has 0 bridgehead atoms. The zero-order valence-electron chi connectivity index (χ0n) is 17.7. The Kier molecular flexibility index (Phi) is 4.89. The van der Waals surface area contributed by atoms with Crippen LogP contribution in [0.15, 0.2) is 30.2 Å². The monoisotopic (exact) mass is 453 g/mol. The molecule has 6 heterocycles. The van der Waals surface area contributed by atoms with Crippen molar-refractivity contribution < 1.29 is 18.9 Å². The standard InChI is InChI=1S/C22H23N5O4S/c1-22(2)30-17-15(6-5-14-4-3-9-32-14)29-21(18(17)31-22)27-12-25-16-19(23-11-24-20(16)27)26-13-7-8-28-10-13/h3-4,9,11-13,15,17-18,21H,7-8,10H2,1-2H3,(H,23,24,26). The zero-order valence-corrected chi connectivity index (χ0v) is 18.5. The summed E-state index contributed by atoms with van der Waals surface area (Å²) in [6, 6.07) is 4.19. The SMILES string of the molecule is CC1(C)OC2C(C#Cc3cccs3)OC(n3cnc4c(NC5CCOC5)ncnc43)C2O1. The van der Waals surface area contributed by atoms with Crippen molar-refractivity contribution in [1.29, 1.82) is 0 Å². The Balaban J connectivity index is 1.33. The van der Waals surface area contributed by atoms with Crippen LogP contribution in [0.5, 0.6) is 0 Å². The summed E-state index contributed by atoms with van der Waals surface area (Å²) in [5, 5.41) is 5.43. The molecule has 0 aliphatic carbocycles. The lowest BCUT2D eigenvalue weighted by molar-refractivity contribution is -0.190. The molecule has 6 rings (SSSR count). The van der Waals surface area contributed by atoms with Gasteiger partial charge >= 0.3 is 0 Å². The van der Waals surface area contributed by atoms with E-state index in [2.05, 4.69) is 32.1 Å². The number of ether oxygens (including phenoxy) is 4. The minimum Gasteiger partial charge on any atom is -0.379 e. The number of hydrogen-bond acceptors (Lipinski definition) is 9. The molecule has 0 aromatic carbocycles. The second-order valence-electron chi connectivity index (χ2n) is 8.51. The van der Waals surface area contributed by atoms with E-state index in [1.165, 1.54) is 6.33 Å². The Bertz CT molecular complexity index is 1180. The number of imidazole rings is 1. The van der Waals surface area contributed by atoms with E-state index in [0.717, 1.165) is 17.9 Å². The zero-order chi connectivity index (χ0) is 21.7. The van der Waals surface area contributed by atoms with E-state index >= 15 is 0 Å².